The third-order valence-electron chi connectivity index (χ3n) is 4.93. The molecule has 6 nitrogen and oxygen atoms in total. The molecule has 0 unspecified atom stereocenters. The summed E-state index contributed by atoms with van der Waals surface area (Å²) < 4.78 is 18.7. The molecule has 3 aromatic rings. The smallest absolute Gasteiger partial charge is 0.265 e. The first-order chi connectivity index (χ1) is 16.0. The van der Waals surface area contributed by atoms with Gasteiger partial charge in [-0.2, -0.15) is 5.26 Å². The van der Waals surface area contributed by atoms with Crippen LogP contribution in [0.1, 0.15) is 11.3 Å². The molecular weight excluding hydrogens is 465 g/mol. The van der Waals surface area contributed by atoms with Crippen LogP contribution in [0, 0.1) is 17.1 Å². The van der Waals surface area contributed by atoms with Gasteiger partial charge in [0.05, 0.1) is 18.1 Å². The standard InChI is InChI=1S/C24H17ClFN3O3S/c25-16-5-3-15(4-6-16)12-21-23(31)29(18-9-7-17(26)8-10-18)24(33-21)20(13-27)22(30)28-14-19-2-1-11-32-19/h1-11,21H,12,14H2,(H,28,30)/b24-20+/t21-/m0/s1. The van der Waals surface area contributed by atoms with E-state index in [2.05, 4.69) is 5.32 Å². The maximum absolute atomic E-state index is 13.5. The van der Waals surface area contributed by atoms with Crippen LogP contribution in [-0.2, 0) is 22.6 Å². The molecule has 0 spiro atoms. The fourth-order valence-corrected chi connectivity index (χ4v) is 4.75. The van der Waals surface area contributed by atoms with Crippen molar-refractivity contribution in [2.45, 2.75) is 18.2 Å². The Morgan fingerprint density at radius 1 is 1.18 bits per heavy atom. The number of nitrogens with zero attached hydrogens (tertiary/aromatic N) is 2. The molecule has 1 N–H and O–H groups in total. The Kier molecular flexibility index (Phi) is 6.82. The molecule has 1 aliphatic rings. The third-order valence-corrected chi connectivity index (χ3v) is 6.44. The van der Waals surface area contributed by atoms with Crippen LogP contribution in [0.15, 0.2) is 81.9 Å². The highest BCUT2D eigenvalue weighted by atomic mass is 35.5. The largest absolute Gasteiger partial charge is 0.467 e. The van der Waals surface area contributed by atoms with E-state index in [-0.39, 0.29) is 23.1 Å². The first-order valence-corrected chi connectivity index (χ1v) is 11.2. The quantitative estimate of drug-likeness (QED) is 0.403. The first-order valence-electron chi connectivity index (χ1n) is 9.92. The van der Waals surface area contributed by atoms with Crippen molar-refractivity contribution in [1.29, 1.82) is 5.26 Å². The van der Waals surface area contributed by atoms with Gasteiger partial charge in [0.1, 0.15) is 28.2 Å². The van der Waals surface area contributed by atoms with Gasteiger partial charge in [-0.25, -0.2) is 4.39 Å². The highest BCUT2D eigenvalue weighted by Crippen LogP contribution is 2.42. The minimum Gasteiger partial charge on any atom is -0.467 e. The van der Waals surface area contributed by atoms with Gasteiger partial charge in [-0.15, -0.1) is 0 Å². The van der Waals surface area contributed by atoms with E-state index in [0.717, 1.165) is 17.3 Å². The average Bonchev–Trinajstić information content (AvgIpc) is 3.44. The van der Waals surface area contributed by atoms with E-state index >= 15 is 0 Å². The topological polar surface area (TPSA) is 86.3 Å². The Hall–Kier alpha value is -3.54. The van der Waals surface area contributed by atoms with E-state index in [1.807, 2.05) is 18.2 Å². The zero-order chi connectivity index (χ0) is 23.4. The SMILES string of the molecule is N#C/C(C(=O)NCc1ccco1)=C1\S[C@@H](Cc2ccc(Cl)cc2)C(=O)N1c1ccc(F)cc1. The second-order valence-electron chi connectivity index (χ2n) is 7.14. The van der Waals surface area contributed by atoms with E-state index in [0.29, 0.717) is 22.9 Å². The summed E-state index contributed by atoms with van der Waals surface area (Å²) in [6, 6.07) is 17.7. The molecule has 2 heterocycles. The summed E-state index contributed by atoms with van der Waals surface area (Å²) in [5.41, 5.74) is 1.04. The predicted molar refractivity (Wildman–Crippen MR) is 124 cm³/mol. The molecule has 1 atom stereocenters. The zero-order valence-corrected chi connectivity index (χ0v) is 18.7. The lowest BCUT2D eigenvalue weighted by atomic mass is 10.1. The van der Waals surface area contributed by atoms with Crippen LogP contribution in [0.4, 0.5) is 10.1 Å². The number of amides is 2. The molecule has 0 aliphatic carbocycles. The number of carbonyl (C=O) groups is 2. The Morgan fingerprint density at radius 2 is 1.91 bits per heavy atom. The molecule has 1 aromatic heterocycles. The van der Waals surface area contributed by atoms with E-state index in [1.54, 1.807) is 24.3 Å². The van der Waals surface area contributed by atoms with Gasteiger partial charge in [-0.1, -0.05) is 35.5 Å². The lowest BCUT2D eigenvalue weighted by molar-refractivity contribution is -0.117. The van der Waals surface area contributed by atoms with Crippen molar-refractivity contribution in [1.82, 2.24) is 5.32 Å². The predicted octanol–water partition coefficient (Wildman–Crippen LogP) is 4.81. The lowest BCUT2D eigenvalue weighted by Gasteiger charge is -2.18. The van der Waals surface area contributed by atoms with E-state index in [4.69, 9.17) is 16.0 Å². The van der Waals surface area contributed by atoms with Crippen molar-refractivity contribution < 1.29 is 18.4 Å². The van der Waals surface area contributed by atoms with Gasteiger partial charge in [0, 0.05) is 10.7 Å². The normalized spacial score (nSPS) is 17.1. The molecule has 9 heteroatoms. The minimum atomic E-state index is -0.636. The summed E-state index contributed by atoms with van der Waals surface area (Å²) in [6.45, 7) is 0.0909. The maximum Gasteiger partial charge on any atom is 0.265 e. The second kappa shape index (κ2) is 9.94. The molecule has 4 rings (SSSR count). The summed E-state index contributed by atoms with van der Waals surface area (Å²) in [4.78, 5) is 27.5. The van der Waals surface area contributed by atoms with Gasteiger partial charge in [0.15, 0.2) is 0 Å². The molecule has 0 saturated carbocycles. The van der Waals surface area contributed by atoms with Crippen LogP contribution in [-0.4, -0.2) is 17.1 Å². The van der Waals surface area contributed by atoms with E-state index in [1.165, 1.54) is 35.4 Å². The number of hydrogen-bond acceptors (Lipinski definition) is 5. The summed E-state index contributed by atoms with van der Waals surface area (Å²) in [5.74, 6) is -0.874. The molecule has 166 valence electrons. The second-order valence-corrected chi connectivity index (χ2v) is 8.77. The number of anilines is 1. The van der Waals surface area contributed by atoms with Gasteiger partial charge in [-0.05, 0) is 60.5 Å². The van der Waals surface area contributed by atoms with Gasteiger partial charge in [0.2, 0.25) is 5.91 Å². The number of rotatable bonds is 6. The molecule has 0 radical (unpaired) electrons. The number of benzene rings is 2. The monoisotopic (exact) mass is 481 g/mol. The van der Waals surface area contributed by atoms with Gasteiger partial charge in [0.25, 0.3) is 5.91 Å². The van der Waals surface area contributed by atoms with Gasteiger partial charge in [-0.3, -0.25) is 14.5 Å². The number of nitrogens with one attached hydrogen (secondary N) is 1. The molecule has 0 bridgehead atoms. The number of thioether (sulfide) groups is 1. The number of hydrogen-bond donors (Lipinski definition) is 1. The molecule has 2 aromatic carbocycles. The Bertz CT molecular complexity index is 1240. The average molecular weight is 482 g/mol. The first kappa shape index (κ1) is 22.6. The van der Waals surface area contributed by atoms with Crippen molar-refractivity contribution in [2.75, 3.05) is 4.90 Å². The Morgan fingerprint density at radius 3 is 2.55 bits per heavy atom. The number of furan rings is 1. The number of nitriles is 1. The fourth-order valence-electron chi connectivity index (χ4n) is 3.32. The van der Waals surface area contributed by atoms with Crippen LogP contribution in [0.5, 0.6) is 0 Å². The number of halogens is 2. The van der Waals surface area contributed by atoms with Gasteiger partial charge < -0.3 is 9.73 Å². The lowest BCUT2D eigenvalue weighted by Crippen LogP contribution is -2.32. The van der Waals surface area contributed by atoms with Gasteiger partial charge >= 0.3 is 0 Å². The molecule has 1 fully saturated rings. The summed E-state index contributed by atoms with van der Waals surface area (Å²) >= 11 is 7.08. The molecule has 2 amide bonds. The molecule has 33 heavy (non-hydrogen) atoms. The van der Waals surface area contributed by atoms with Crippen LogP contribution in [0.2, 0.25) is 5.02 Å². The van der Waals surface area contributed by atoms with Crippen molar-refractivity contribution >= 4 is 40.9 Å². The van der Waals surface area contributed by atoms with Crippen LogP contribution in [0.3, 0.4) is 0 Å². The fraction of sp³-hybridized carbons (Fsp3) is 0.125. The van der Waals surface area contributed by atoms with Crippen molar-refractivity contribution in [2.24, 2.45) is 0 Å². The van der Waals surface area contributed by atoms with Crippen molar-refractivity contribution in [3.8, 4) is 6.07 Å². The van der Waals surface area contributed by atoms with Crippen LogP contribution < -0.4 is 10.2 Å². The zero-order valence-electron chi connectivity index (χ0n) is 17.1. The Labute approximate surface area is 198 Å². The van der Waals surface area contributed by atoms with Crippen molar-refractivity contribution in [3.63, 3.8) is 0 Å². The third kappa shape index (κ3) is 5.11. The van der Waals surface area contributed by atoms with E-state index < -0.39 is 17.0 Å². The highest BCUT2D eigenvalue weighted by Gasteiger charge is 2.40. The van der Waals surface area contributed by atoms with Crippen molar-refractivity contribution in [3.05, 3.63) is 99.7 Å². The highest BCUT2D eigenvalue weighted by molar-refractivity contribution is 8.05. The number of carbonyl (C=O) groups excluding carboxylic acids is 2. The van der Waals surface area contributed by atoms with E-state index in [9.17, 15) is 19.2 Å². The molecule has 1 aliphatic heterocycles. The summed E-state index contributed by atoms with van der Waals surface area (Å²) in [5, 5.41) is 12.6. The molecule has 1 saturated heterocycles. The van der Waals surface area contributed by atoms with Crippen LogP contribution >= 0.6 is 23.4 Å². The van der Waals surface area contributed by atoms with Crippen LogP contribution in [0.25, 0.3) is 0 Å². The minimum absolute atomic E-state index is 0.0909. The Balaban J connectivity index is 1.67. The molecular formula is C24H17ClFN3O3S. The summed E-state index contributed by atoms with van der Waals surface area (Å²) in [7, 11) is 0. The summed E-state index contributed by atoms with van der Waals surface area (Å²) in [6.07, 6.45) is 1.85. The maximum atomic E-state index is 13.5.